The van der Waals surface area contributed by atoms with Crippen molar-refractivity contribution in [3.05, 3.63) is 24.3 Å². The molecule has 0 aromatic carbocycles. The average molecular weight is 164 g/mol. The van der Waals surface area contributed by atoms with Crippen molar-refractivity contribution in [3.8, 4) is 0 Å². The molecule has 1 aliphatic carbocycles. The fraction of sp³-hybridized carbons (Fsp3) is 0.545. The summed E-state index contributed by atoms with van der Waals surface area (Å²) < 4.78 is 0. The zero-order valence-corrected chi connectivity index (χ0v) is 8.05. The zero-order valence-electron chi connectivity index (χ0n) is 8.05. The summed E-state index contributed by atoms with van der Waals surface area (Å²) in [5.41, 5.74) is 0.821. The molecular weight excluding hydrogens is 148 g/mol. The van der Waals surface area contributed by atoms with Gasteiger partial charge in [0.1, 0.15) is 5.78 Å². The van der Waals surface area contributed by atoms with Crippen LogP contribution in [0.15, 0.2) is 24.3 Å². The molecule has 1 unspecified atom stereocenters. The van der Waals surface area contributed by atoms with E-state index in [0.717, 1.165) is 5.57 Å². The van der Waals surface area contributed by atoms with Crippen molar-refractivity contribution in [2.75, 3.05) is 0 Å². The highest BCUT2D eigenvalue weighted by atomic mass is 16.1. The van der Waals surface area contributed by atoms with E-state index < -0.39 is 0 Å². The third-order valence-electron chi connectivity index (χ3n) is 2.50. The van der Waals surface area contributed by atoms with Crippen LogP contribution in [0.5, 0.6) is 0 Å². The monoisotopic (exact) mass is 164 g/mol. The highest BCUT2D eigenvalue weighted by molar-refractivity contribution is 5.87. The molecule has 0 saturated heterocycles. The quantitative estimate of drug-likeness (QED) is 0.544. The summed E-state index contributed by atoms with van der Waals surface area (Å²) in [5.74, 6) is 0.587. The van der Waals surface area contributed by atoms with E-state index in [9.17, 15) is 4.79 Å². The van der Waals surface area contributed by atoms with Crippen molar-refractivity contribution in [1.29, 1.82) is 0 Å². The molecule has 66 valence electrons. The van der Waals surface area contributed by atoms with Gasteiger partial charge in [-0.2, -0.15) is 0 Å². The van der Waals surface area contributed by atoms with Crippen molar-refractivity contribution in [2.45, 2.75) is 27.2 Å². The molecule has 0 heterocycles. The van der Waals surface area contributed by atoms with Crippen LogP contribution in [0, 0.1) is 11.3 Å². The van der Waals surface area contributed by atoms with Crippen LogP contribution in [0.2, 0.25) is 0 Å². The predicted octanol–water partition coefficient (Wildman–Crippen LogP) is 2.73. The molecule has 1 heteroatoms. The summed E-state index contributed by atoms with van der Waals surface area (Å²) in [6, 6.07) is 0. The Labute approximate surface area is 74.2 Å². The number of carbonyl (C=O) groups excluding carboxylic acids is 1. The zero-order chi connectivity index (χ0) is 9.35. The molecule has 0 aromatic heterocycles. The van der Waals surface area contributed by atoms with Crippen LogP contribution >= 0.6 is 0 Å². The lowest BCUT2D eigenvalue weighted by Gasteiger charge is -2.27. The van der Waals surface area contributed by atoms with E-state index in [-0.39, 0.29) is 11.3 Å². The highest BCUT2D eigenvalue weighted by Crippen LogP contribution is 2.31. The summed E-state index contributed by atoms with van der Waals surface area (Å²) in [6.07, 6.45) is 4.72. The number of Topliss-reactive ketones (excluding diaryl/α,β-unsaturated/α-hetero) is 1. The van der Waals surface area contributed by atoms with E-state index in [2.05, 4.69) is 12.7 Å². The molecule has 1 atom stereocenters. The van der Waals surface area contributed by atoms with Gasteiger partial charge in [-0.15, -0.1) is 0 Å². The molecule has 0 fully saturated rings. The Morgan fingerprint density at radius 3 is 2.67 bits per heavy atom. The Morgan fingerprint density at radius 2 is 2.25 bits per heavy atom. The van der Waals surface area contributed by atoms with E-state index in [1.165, 1.54) is 0 Å². The Bertz CT molecular complexity index is 246. The fourth-order valence-corrected chi connectivity index (χ4v) is 1.32. The van der Waals surface area contributed by atoms with Gasteiger partial charge in [-0.1, -0.05) is 24.3 Å². The van der Waals surface area contributed by atoms with Gasteiger partial charge in [-0.25, -0.2) is 0 Å². The Balaban J connectivity index is 2.84. The molecule has 0 N–H and O–H groups in total. The minimum atomic E-state index is -0.258. The van der Waals surface area contributed by atoms with Crippen molar-refractivity contribution >= 4 is 5.78 Å². The molecule has 0 aromatic rings. The first-order chi connectivity index (χ1) is 5.43. The van der Waals surface area contributed by atoms with Gasteiger partial charge in [0.25, 0.3) is 0 Å². The van der Waals surface area contributed by atoms with Crippen LogP contribution in [0.1, 0.15) is 27.2 Å². The SMILES string of the molecule is C=C(C)C1C=CC(C)(C)C(=O)C1. The molecule has 1 aliphatic rings. The third-order valence-corrected chi connectivity index (χ3v) is 2.50. The molecule has 0 spiro atoms. The topological polar surface area (TPSA) is 17.1 Å². The van der Waals surface area contributed by atoms with Crippen LogP contribution in [0.3, 0.4) is 0 Å². The smallest absolute Gasteiger partial charge is 0.143 e. The first kappa shape index (κ1) is 9.24. The summed E-state index contributed by atoms with van der Waals surface area (Å²) in [5, 5.41) is 0. The van der Waals surface area contributed by atoms with Crippen LogP contribution in [-0.4, -0.2) is 5.78 Å². The van der Waals surface area contributed by atoms with Gasteiger partial charge in [-0.05, 0) is 20.8 Å². The Hall–Kier alpha value is -0.850. The van der Waals surface area contributed by atoms with Crippen molar-refractivity contribution in [3.63, 3.8) is 0 Å². The highest BCUT2D eigenvalue weighted by Gasteiger charge is 2.30. The summed E-state index contributed by atoms with van der Waals surface area (Å²) in [6.45, 7) is 9.75. The lowest BCUT2D eigenvalue weighted by molar-refractivity contribution is -0.125. The second-order valence-electron chi connectivity index (χ2n) is 4.16. The van der Waals surface area contributed by atoms with Gasteiger partial charge in [0, 0.05) is 17.8 Å². The van der Waals surface area contributed by atoms with E-state index in [1.807, 2.05) is 26.8 Å². The Kier molecular flexibility index (Phi) is 2.22. The van der Waals surface area contributed by atoms with Crippen LogP contribution < -0.4 is 0 Å². The summed E-state index contributed by atoms with van der Waals surface area (Å²) in [7, 11) is 0. The second kappa shape index (κ2) is 2.89. The lowest BCUT2D eigenvalue weighted by Crippen LogP contribution is -2.27. The van der Waals surface area contributed by atoms with Crippen LogP contribution in [-0.2, 0) is 4.79 Å². The molecule has 0 aliphatic heterocycles. The van der Waals surface area contributed by atoms with Gasteiger partial charge >= 0.3 is 0 Å². The number of allylic oxidation sites excluding steroid dienone is 3. The summed E-state index contributed by atoms with van der Waals surface area (Å²) in [4.78, 5) is 11.5. The van der Waals surface area contributed by atoms with Gasteiger partial charge in [0.05, 0.1) is 0 Å². The number of carbonyl (C=O) groups is 1. The van der Waals surface area contributed by atoms with Crippen molar-refractivity contribution in [1.82, 2.24) is 0 Å². The second-order valence-corrected chi connectivity index (χ2v) is 4.16. The fourth-order valence-electron chi connectivity index (χ4n) is 1.32. The minimum absolute atomic E-state index is 0.258. The average Bonchev–Trinajstić information content (AvgIpc) is 1.94. The maximum atomic E-state index is 11.5. The van der Waals surface area contributed by atoms with E-state index in [4.69, 9.17) is 0 Å². The number of rotatable bonds is 1. The molecule has 0 amide bonds. The van der Waals surface area contributed by atoms with E-state index in [0.29, 0.717) is 12.2 Å². The molecular formula is C11H16O. The minimum Gasteiger partial charge on any atom is -0.299 e. The van der Waals surface area contributed by atoms with Crippen LogP contribution in [0.4, 0.5) is 0 Å². The number of hydrogen-bond acceptors (Lipinski definition) is 1. The molecule has 0 radical (unpaired) electrons. The first-order valence-corrected chi connectivity index (χ1v) is 4.31. The number of hydrogen-bond donors (Lipinski definition) is 0. The molecule has 1 nitrogen and oxygen atoms in total. The molecule has 12 heavy (non-hydrogen) atoms. The maximum absolute atomic E-state index is 11.5. The largest absolute Gasteiger partial charge is 0.299 e. The van der Waals surface area contributed by atoms with E-state index >= 15 is 0 Å². The van der Waals surface area contributed by atoms with Crippen molar-refractivity contribution < 1.29 is 4.79 Å². The van der Waals surface area contributed by atoms with Gasteiger partial charge in [0.2, 0.25) is 0 Å². The third kappa shape index (κ3) is 1.66. The van der Waals surface area contributed by atoms with Crippen LogP contribution in [0.25, 0.3) is 0 Å². The maximum Gasteiger partial charge on any atom is 0.143 e. The lowest BCUT2D eigenvalue weighted by atomic mass is 9.76. The van der Waals surface area contributed by atoms with Gasteiger partial charge in [0.15, 0.2) is 0 Å². The molecule has 0 saturated carbocycles. The standard InChI is InChI=1S/C11H16O/c1-8(2)9-5-6-11(3,4)10(12)7-9/h5-6,9H,1,7H2,2-4H3. The molecule has 0 bridgehead atoms. The van der Waals surface area contributed by atoms with Gasteiger partial charge in [-0.3, -0.25) is 4.79 Å². The Morgan fingerprint density at radius 1 is 1.67 bits per heavy atom. The number of ketones is 1. The first-order valence-electron chi connectivity index (χ1n) is 4.31. The molecule has 1 rings (SSSR count). The van der Waals surface area contributed by atoms with Crippen molar-refractivity contribution in [2.24, 2.45) is 11.3 Å². The van der Waals surface area contributed by atoms with E-state index in [1.54, 1.807) is 0 Å². The normalized spacial score (nSPS) is 27.2. The predicted molar refractivity (Wildman–Crippen MR) is 50.8 cm³/mol. The summed E-state index contributed by atoms with van der Waals surface area (Å²) >= 11 is 0. The van der Waals surface area contributed by atoms with Gasteiger partial charge < -0.3 is 0 Å².